The molecule has 1 unspecified atom stereocenters. The minimum Gasteiger partial charge on any atom is -0.368 e. The van der Waals surface area contributed by atoms with Gasteiger partial charge in [-0.3, -0.25) is 9.88 Å². The predicted molar refractivity (Wildman–Crippen MR) is 87.8 cm³/mol. The van der Waals surface area contributed by atoms with Crippen molar-refractivity contribution >= 4 is 22.2 Å². The number of morpholine rings is 1. The van der Waals surface area contributed by atoms with Gasteiger partial charge in [0.15, 0.2) is 0 Å². The van der Waals surface area contributed by atoms with Crippen molar-refractivity contribution in [1.29, 1.82) is 0 Å². The molecule has 0 spiro atoms. The van der Waals surface area contributed by atoms with Gasteiger partial charge in [0.25, 0.3) is 0 Å². The van der Waals surface area contributed by atoms with Crippen LogP contribution in [0.25, 0.3) is 10.9 Å². The van der Waals surface area contributed by atoms with Crippen LogP contribution in [-0.2, 0) is 11.3 Å². The van der Waals surface area contributed by atoms with Gasteiger partial charge in [0.2, 0.25) is 0 Å². The Balaban J connectivity index is 1.57. The summed E-state index contributed by atoms with van der Waals surface area (Å²) in [6.07, 6.45) is 3.53. The number of ether oxygens (including phenoxy) is 1. The Hall–Kier alpha value is -1.89. The number of aromatic nitrogens is 2. The quantitative estimate of drug-likeness (QED) is 0.738. The van der Waals surface area contributed by atoms with Gasteiger partial charge in [-0.25, -0.2) is 9.37 Å². The molecule has 0 radical (unpaired) electrons. The molecule has 1 aromatic carbocycles. The number of rotatable bonds is 3. The summed E-state index contributed by atoms with van der Waals surface area (Å²) in [5.41, 5.74) is 1.78. The van der Waals surface area contributed by atoms with Crippen LogP contribution in [0.4, 0.5) is 4.39 Å². The van der Waals surface area contributed by atoms with Crippen molar-refractivity contribution in [1.82, 2.24) is 14.9 Å². The SMILES string of the molecule is Fc1ccc(CN2CCOC(c3nccs3)C2)c2ncccc12. The zero-order valence-corrected chi connectivity index (χ0v) is 13.3. The fourth-order valence-electron chi connectivity index (χ4n) is 2.95. The first-order valence-electron chi connectivity index (χ1n) is 7.57. The van der Waals surface area contributed by atoms with Crippen molar-refractivity contribution < 1.29 is 9.13 Å². The van der Waals surface area contributed by atoms with Gasteiger partial charge in [0.05, 0.1) is 12.1 Å². The van der Waals surface area contributed by atoms with Crippen molar-refractivity contribution in [3.8, 4) is 0 Å². The molecular formula is C17H16FN3OS. The average molecular weight is 329 g/mol. The van der Waals surface area contributed by atoms with Crippen LogP contribution in [0.15, 0.2) is 42.0 Å². The average Bonchev–Trinajstić information content (AvgIpc) is 3.13. The van der Waals surface area contributed by atoms with Crippen LogP contribution in [0.3, 0.4) is 0 Å². The lowest BCUT2D eigenvalue weighted by Gasteiger charge is -2.32. The van der Waals surface area contributed by atoms with E-state index in [2.05, 4.69) is 14.9 Å². The van der Waals surface area contributed by atoms with Crippen molar-refractivity contribution in [2.45, 2.75) is 12.6 Å². The third-order valence-electron chi connectivity index (χ3n) is 4.07. The van der Waals surface area contributed by atoms with E-state index >= 15 is 0 Å². The summed E-state index contributed by atoms with van der Waals surface area (Å²) >= 11 is 1.62. The normalized spacial score (nSPS) is 19.3. The molecule has 1 aliphatic heterocycles. The Morgan fingerprint density at radius 1 is 1.26 bits per heavy atom. The molecule has 3 heterocycles. The highest BCUT2D eigenvalue weighted by Crippen LogP contribution is 2.26. The summed E-state index contributed by atoms with van der Waals surface area (Å²) in [5.74, 6) is -0.223. The third-order valence-corrected chi connectivity index (χ3v) is 4.94. The summed E-state index contributed by atoms with van der Waals surface area (Å²) < 4.78 is 19.7. The first kappa shape index (κ1) is 14.7. The molecule has 0 saturated carbocycles. The van der Waals surface area contributed by atoms with Crippen molar-refractivity contribution in [3.63, 3.8) is 0 Å². The maximum absolute atomic E-state index is 13.9. The minimum absolute atomic E-state index is 0.0171. The van der Waals surface area contributed by atoms with Gasteiger partial charge in [-0.05, 0) is 23.8 Å². The maximum atomic E-state index is 13.9. The van der Waals surface area contributed by atoms with Crippen molar-refractivity contribution in [2.75, 3.05) is 19.7 Å². The number of pyridine rings is 1. The Morgan fingerprint density at radius 2 is 2.22 bits per heavy atom. The molecule has 0 aliphatic carbocycles. The van der Waals surface area contributed by atoms with Gasteiger partial charge in [0.1, 0.15) is 16.9 Å². The molecule has 1 atom stereocenters. The van der Waals surface area contributed by atoms with E-state index in [0.29, 0.717) is 12.0 Å². The van der Waals surface area contributed by atoms with Crippen LogP contribution in [0.5, 0.6) is 0 Å². The second-order valence-corrected chi connectivity index (χ2v) is 6.50. The lowest BCUT2D eigenvalue weighted by Crippen LogP contribution is -2.37. The second-order valence-electron chi connectivity index (χ2n) is 5.57. The molecule has 0 N–H and O–H groups in total. The number of benzene rings is 1. The van der Waals surface area contributed by atoms with Gasteiger partial charge < -0.3 is 4.74 Å². The number of fused-ring (bicyclic) bond motifs is 1. The van der Waals surface area contributed by atoms with E-state index in [9.17, 15) is 4.39 Å². The van der Waals surface area contributed by atoms with E-state index < -0.39 is 0 Å². The van der Waals surface area contributed by atoms with E-state index in [1.54, 1.807) is 35.9 Å². The number of halogens is 1. The van der Waals surface area contributed by atoms with E-state index in [0.717, 1.165) is 35.7 Å². The molecular weight excluding hydrogens is 313 g/mol. The standard InChI is InChI=1S/C17H16FN3OS/c18-14-4-3-12(16-13(14)2-1-5-19-16)10-21-7-8-22-15(11-21)17-20-6-9-23-17/h1-6,9,15H,7-8,10-11H2. The summed E-state index contributed by atoms with van der Waals surface area (Å²) in [6.45, 7) is 3.06. The molecule has 4 rings (SSSR count). The topological polar surface area (TPSA) is 38.2 Å². The Kier molecular flexibility index (Phi) is 4.03. The lowest BCUT2D eigenvalue weighted by atomic mass is 10.1. The van der Waals surface area contributed by atoms with Crippen molar-refractivity contribution in [3.05, 3.63) is 58.4 Å². The maximum Gasteiger partial charge on any atom is 0.132 e. The van der Waals surface area contributed by atoms with Crippen LogP contribution in [0.1, 0.15) is 16.7 Å². The smallest absolute Gasteiger partial charge is 0.132 e. The molecule has 1 saturated heterocycles. The molecule has 0 bridgehead atoms. The fraction of sp³-hybridized carbons (Fsp3) is 0.294. The highest BCUT2D eigenvalue weighted by molar-refractivity contribution is 7.09. The molecule has 3 aromatic rings. The molecule has 2 aromatic heterocycles. The van der Waals surface area contributed by atoms with Crippen molar-refractivity contribution in [2.24, 2.45) is 0 Å². The molecule has 0 amide bonds. The second kappa shape index (κ2) is 6.31. The van der Waals surface area contributed by atoms with Crippen LogP contribution in [0.2, 0.25) is 0 Å². The van der Waals surface area contributed by atoms with E-state index in [4.69, 9.17) is 4.74 Å². The first-order valence-corrected chi connectivity index (χ1v) is 8.44. The lowest BCUT2D eigenvalue weighted by molar-refractivity contribution is -0.0329. The third kappa shape index (κ3) is 2.97. The van der Waals surface area contributed by atoms with Gasteiger partial charge in [-0.15, -0.1) is 11.3 Å². The first-order chi connectivity index (χ1) is 11.3. The minimum atomic E-state index is -0.223. The fourth-order valence-corrected chi connectivity index (χ4v) is 3.63. The van der Waals surface area contributed by atoms with Crippen LogP contribution >= 0.6 is 11.3 Å². The zero-order chi connectivity index (χ0) is 15.6. The summed E-state index contributed by atoms with van der Waals surface area (Å²) in [4.78, 5) is 11.0. The van der Waals surface area contributed by atoms with E-state index in [1.165, 1.54) is 6.07 Å². The van der Waals surface area contributed by atoms with Gasteiger partial charge >= 0.3 is 0 Å². The largest absolute Gasteiger partial charge is 0.368 e. The van der Waals surface area contributed by atoms with E-state index in [-0.39, 0.29) is 11.9 Å². The summed E-state index contributed by atoms with van der Waals surface area (Å²) in [6, 6.07) is 6.90. The monoisotopic (exact) mass is 329 g/mol. The molecule has 23 heavy (non-hydrogen) atoms. The van der Waals surface area contributed by atoms with Crippen LogP contribution in [0, 0.1) is 5.82 Å². The Labute approximate surface area is 137 Å². The van der Waals surface area contributed by atoms with Gasteiger partial charge in [0, 0.05) is 42.8 Å². The van der Waals surface area contributed by atoms with Gasteiger partial charge in [-0.1, -0.05) is 6.07 Å². The predicted octanol–water partition coefficient (Wildman–Crippen LogP) is 3.40. The molecule has 1 aliphatic rings. The number of nitrogens with zero attached hydrogens (tertiary/aromatic N) is 3. The number of thiazole rings is 1. The molecule has 118 valence electrons. The molecule has 6 heteroatoms. The van der Waals surface area contributed by atoms with Crippen LogP contribution < -0.4 is 0 Å². The Bertz CT molecular complexity index is 809. The van der Waals surface area contributed by atoms with E-state index in [1.807, 2.05) is 11.4 Å². The Morgan fingerprint density at radius 3 is 3.09 bits per heavy atom. The highest BCUT2D eigenvalue weighted by Gasteiger charge is 2.24. The molecule has 4 nitrogen and oxygen atoms in total. The molecule has 1 fully saturated rings. The zero-order valence-electron chi connectivity index (χ0n) is 12.5. The number of hydrogen-bond acceptors (Lipinski definition) is 5. The summed E-state index contributed by atoms with van der Waals surface area (Å²) in [7, 11) is 0. The highest BCUT2D eigenvalue weighted by atomic mass is 32.1. The van der Waals surface area contributed by atoms with Crippen LogP contribution in [-0.4, -0.2) is 34.6 Å². The number of hydrogen-bond donors (Lipinski definition) is 0. The van der Waals surface area contributed by atoms with Gasteiger partial charge in [-0.2, -0.15) is 0 Å². The summed E-state index contributed by atoms with van der Waals surface area (Å²) in [5, 5.41) is 3.56.